The van der Waals surface area contributed by atoms with Crippen LogP contribution in [0.3, 0.4) is 0 Å². The lowest BCUT2D eigenvalue weighted by molar-refractivity contribution is 0.0693. The average Bonchev–Trinajstić information content (AvgIpc) is 2.41. The maximum Gasteiger partial charge on any atom is 0.339 e. The van der Waals surface area contributed by atoms with E-state index in [4.69, 9.17) is 5.11 Å². The minimum atomic E-state index is -1.17. The van der Waals surface area contributed by atoms with E-state index >= 15 is 0 Å². The van der Waals surface area contributed by atoms with E-state index in [1.807, 2.05) is 18.2 Å². The fraction of sp³-hybridized carbons (Fsp3) is 0.0714. The number of carboxylic acid groups (broad SMARTS) is 1. The van der Waals surface area contributed by atoms with Gasteiger partial charge >= 0.3 is 5.97 Å². The van der Waals surface area contributed by atoms with Crippen LogP contribution < -0.4 is 0 Å². The summed E-state index contributed by atoms with van der Waals surface area (Å²) in [6.07, 6.45) is 3.11. The molecule has 5 nitrogen and oxygen atoms in total. The molecule has 2 N–H and O–H groups in total. The van der Waals surface area contributed by atoms with E-state index in [2.05, 4.69) is 9.98 Å². The zero-order chi connectivity index (χ0) is 13.7. The Hall–Kier alpha value is -2.69. The van der Waals surface area contributed by atoms with Gasteiger partial charge in [-0.3, -0.25) is 9.98 Å². The Balaban J connectivity index is 2.15. The number of hydrogen-bond acceptors (Lipinski definition) is 4. The molecule has 0 bridgehead atoms. The molecule has 0 amide bonds. The van der Waals surface area contributed by atoms with Gasteiger partial charge in [-0.1, -0.05) is 12.1 Å². The number of hydrogen-bond donors (Lipinski definition) is 2. The van der Waals surface area contributed by atoms with E-state index in [1.54, 1.807) is 18.3 Å². The third-order valence-electron chi connectivity index (χ3n) is 2.51. The monoisotopic (exact) mass is 256 g/mol. The molecule has 0 aliphatic heterocycles. The molecule has 0 saturated carbocycles. The molecule has 0 aliphatic carbocycles. The predicted octanol–water partition coefficient (Wildman–Crippen LogP) is 2.10. The summed E-state index contributed by atoms with van der Waals surface area (Å²) in [7, 11) is 0. The van der Waals surface area contributed by atoms with Crippen molar-refractivity contribution in [3.8, 4) is 5.75 Å². The first kappa shape index (κ1) is 12.8. The van der Waals surface area contributed by atoms with Crippen molar-refractivity contribution in [1.29, 1.82) is 0 Å². The molecule has 1 aromatic heterocycles. The summed E-state index contributed by atoms with van der Waals surface area (Å²) >= 11 is 0. The van der Waals surface area contributed by atoms with Gasteiger partial charge in [0.1, 0.15) is 11.3 Å². The van der Waals surface area contributed by atoms with Crippen LogP contribution in [0.15, 0.2) is 47.6 Å². The van der Waals surface area contributed by atoms with Crippen molar-refractivity contribution >= 4 is 12.2 Å². The maximum absolute atomic E-state index is 10.9. The Morgan fingerprint density at radius 1 is 1.26 bits per heavy atom. The second-order valence-corrected chi connectivity index (χ2v) is 3.84. The number of aromatic hydroxyl groups is 1. The highest BCUT2D eigenvalue weighted by atomic mass is 16.4. The average molecular weight is 256 g/mol. The number of phenols is 1. The van der Waals surface area contributed by atoms with Crippen LogP contribution >= 0.6 is 0 Å². The standard InChI is InChI=1S/C14H12N2O3/c17-13-10(4-3-6-12(13)14(18)19)8-15-9-11-5-1-2-7-16-11/h1-8,17H,9H2,(H,18,19). The summed E-state index contributed by atoms with van der Waals surface area (Å²) in [4.78, 5) is 19.1. The van der Waals surface area contributed by atoms with Crippen LogP contribution in [0.25, 0.3) is 0 Å². The first-order chi connectivity index (χ1) is 9.18. The summed E-state index contributed by atoms with van der Waals surface area (Å²) < 4.78 is 0. The van der Waals surface area contributed by atoms with Gasteiger partial charge in [0.15, 0.2) is 0 Å². The van der Waals surface area contributed by atoms with Crippen molar-refractivity contribution in [1.82, 2.24) is 4.98 Å². The van der Waals surface area contributed by atoms with Crippen molar-refractivity contribution in [3.63, 3.8) is 0 Å². The topological polar surface area (TPSA) is 82.8 Å². The van der Waals surface area contributed by atoms with Gasteiger partial charge in [0.05, 0.1) is 12.2 Å². The van der Waals surface area contributed by atoms with E-state index in [0.717, 1.165) is 5.69 Å². The lowest BCUT2D eigenvalue weighted by atomic mass is 10.1. The number of carbonyl (C=O) groups is 1. The number of aliphatic imine (C=N–C) groups is 1. The van der Waals surface area contributed by atoms with Crippen LogP contribution in [0.5, 0.6) is 5.75 Å². The minimum Gasteiger partial charge on any atom is -0.506 e. The number of aromatic carboxylic acids is 1. The van der Waals surface area contributed by atoms with Crippen molar-refractivity contribution < 1.29 is 15.0 Å². The quantitative estimate of drug-likeness (QED) is 0.821. The third-order valence-corrected chi connectivity index (χ3v) is 2.51. The first-order valence-corrected chi connectivity index (χ1v) is 5.63. The number of pyridine rings is 1. The molecule has 0 aliphatic rings. The molecule has 1 heterocycles. The summed E-state index contributed by atoms with van der Waals surface area (Å²) in [5.74, 6) is -1.45. The second-order valence-electron chi connectivity index (χ2n) is 3.84. The van der Waals surface area contributed by atoms with Crippen molar-refractivity contribution in [3.05, 3.63) is 59.4 Å². The zero-order valence-corrected chi connectivity index (χ0v) is 10.0. The molecule has 2 aromatic rings. The number of para-hydroxylation sites is 1. The fourth-order valence-electron chi connectivity index (χ4n) is 1.57. The Morgan fingerprint density at radius 2 is 2.11 bits per heavy atom. The number of nitrogens with zero attached hydrogens (tertiary/aromatic N) is 2. The van der Waals surface area contributed by atoms with Crippen LogP contribution in [0.4, 0.5) is 0 Å². The molecule has 1 aromatic carbocycles. The molecule has 0 spiro atoms. The van der Waals surface area contributed by atoms with Gasteiger partial charge in [0.25, 0.3) is 0 Å². The first-order valence-electron chi connectivity index (χ1n) is 5.63. The molecule has 0 unspecified atom stereocenters. The normalized spacial score (nSPS) is 10.7. The Morgan fingerprint density at radius 3 is 2.79 bits per heavy atom. The van der Waals surface area contributed by atoms with E-state index in [1.165, 1.54) is 12.3 Å². The van der Waals surface area contributed by atoms with Crippen LogP contribution in [0.2, 0.25) is 0 Å². The number of benzene rings is 1. The Bertz CT molecular complexity index is 609. The summed E-state index contributed by atoms with van der Waals surface area (Å²) in [6.45, 7) is 0.373. The van der Waals surface area contributed by atoms with Crippen LogP contribution in [0.1, 0.15) is 21.6 Å². The largest absolute Gasteiger partial charge is 0.506 e. The van der Waals surface area contributed by atoms with Crippen molar-refractivity contribution in [2.24, 2.45) is 4.99 Å². The highest BCUT2D eigenvalue weighted by molar-refractivity contribution is 5.95. The highest BCUT2D eigenvalue weighted by Crippen LogP contribution is 2.20. The number of carboxylic acids is 1. The smallest absolute Gasteiger partial charge is 0.339 e. The van der Waals surface area contributed by atoms with Crippen molar-refractivity contribution in [2.75, 3.05) is 0 Å². The number of aromatic nitrogens is 1. The molecule has 0 fully saturated rings. The summed E-state index contributed by atoms with van der Waals surface area (Å²) in [5, 5.41) is 18.6. The van der Waals surface area contributed by atoms with E-state index in [-0.39, 0.29) is 11.3 Å². The van der Waals surface area contributed by atoms with Gasteiger partial charge in [0, 0.05) is 18.0 Å². The van der Waals surface area contributed by atoms with Crippen LogP contribution in [-0.2, 0) is 6.54 Å². The minimum absolute atomic E-state index is 0.137. The van der Waals surface area contributed by atoms with Gasteiger partial charge in [-0.25, -0.2) is 4.79 Å². The molecule has 0 radical (unpaired) electrons. The molecule has 0 saturated heterocycles. The highest BCUT2D eigenvalue weighted by Gasteiger charge is 2.11. The molecular weight excluding hydrogens is 244 g/mol. The van der Waals surface area contributed by atoms with Gasteiger partial charge in [-0.15, -0.1) is 0 Å². The zero-order valence-electron chi connectivity index (χ0n) is 10.0. The SMILES string of the molecule is O=C(O)c1cccc(C=NCc2ccccn2)c1O. The summed E-state index contributed by atoms with van der Waals surface area (Å²) in [6, 6.07) is 10.0. The molecule has 96 valence electrons. The van der Waals surface area contributed by atoms with Gasteiger partial charge in [0.2, 0.25) is 0 Å². The molecule has 5 heteroatoms. The van der Waals surface area contributed by atoms with Gasteiger partial charge in [-0.05, 0) is 24.3 Å². The lowest BCUT2D eigenvalue weighted by Gasteiger charge is -2.02. The van der Waals surface area contributed by atoms with Crippen LogP contribution in [-0.4, -0.2) is 27.4 Å². The Labute approximate surface area is 109 Å². The summed E-state index contributed by atoms with van der Waals surface area (Å²) in [5.41, 5.74) is 1.03. The van der Waals surface area contributed by atoms with Crippen molar-refractivity contribution in [2.45, 2.75) is 6.54 Å². The fourth-order valence-corrected chi connectivity index (χ4v) is 1.57. The van der Waals surface area contributed by atoms with Gasteiger partial charge in [-0.2, -0.15) is 0 Å². The van der Waals surface area contributed by atoms with Gasteiger partial charge < -0.3 is 10.2 Å². The predicted molar refractivity (Wildman–Crippen MR) is 70.6 cm³/mol. The lowest BCUT2D eigenvalue weighted by Crippen LogP contribution is -1.98. The molecular formula is C14H12N2O3. The van der Waals surface area contributed by atoms with E-state index in [0.29, 0.717) is 12.1 Å². The third kappa shape index (κ3) is 3.16. The maximum atomic E-state index is 10.9. The van der Waals surface area contributed by atoms with E-state index in [9.17, 15) is 9.90 Å². The number of rotatable bonds is 4. The van der Waals surface area contributed by atoms with Crippen LogP contribution in [0, 0.1) is 0 Å². The molecule has 2 rings (SSSR count). The molecule has 19 heavy (non-hydrogen) atoms. The second kappa shape index (κ2) is 5.77. The van der Waals surface area contributed by atoms with E-state index < -0.39 is 5.97 Å². The Kier molecular flexibility index (Phi) is 3.87. The molecule has 0 atom stereocenters.